The van der Waals surface area contributed by atoms with Crippen molar-refractivity contribution in [3.63, 3.8) is 0 Å². The number of alkyl halides is 2. The van der Waals surface area contributed by atoms with Crippen molar-refractivity contribution in [1.82, 2.24) is 25.2 Å². The first-order chi connectivity index (χ1) is 11.8. The minimum Gasteiger partial charge on any atom is -0.377 e. The molecule has 0 aliphatic carbocycles. The fourth-order valence-electron chi connectivity index (χ4n) is 2.91. The molecule has 4 rings (SSSR count). The lowest BCUT2D eigenvalue weighted by atomic mass is 9.80. The number of hydrogen-bond donors (Lipinski definition) is 1. The van der Waals surface area contributed by atoms with E-state index in [0.717, 1.165) is 35.1 Å². The van der Waals surface area contributed by atoms with Crippen LogP contribution in [0.2, 0.25) is 5.02 Å². The molecule has 1 aromatic carbocycles. The number of pyridine rings is 1. The second kappa shape index (κ2) is 5.24. The fourth-order valence-corrected chi connectivity index (χ4v) is 3.02. The van der Waals surface area contributed by atoms with Crippen molar-refractivity contribution in [2.75, 3.05) is 0 Å². The second-order valence-electron chi connectivity index (χ2n) is 5.65. The van der Waals surface area contributed by atoms with Crippen LogP contribution in [0.25, 0.3) is 11.4 Å². The SMILES string of the molecule is OC1(C(F)(F)c2ccc(Cl)cn2)Cn2nnnc2-c2cc(F)ccc21. The summed E-state index contributed by atoms with van der Waals surface area (Å²) in [6.45, 7) is -0.620. The lowest BCUT2D eigenvalue weighted by molar-refractivity contribution is -0.207. The van der Waals surface area contributed by atoms with Crippen molar-refractivity contribution in [3.05, 3.63) is 58.6 Å². The molecule has 0 saturated heterocycles. The maximum Gasteiger partial charge on any atom is 0.323 e. The number of benzene rings is 1. The molecule has 6 nitrogen and oxygen atoms in total. The molecule has 0 bridgehead atoms. The van der Waals surface area contributed by atoms with Crippen LogP contribution in [0.1, 0.15) is 11.3 Å². The van der Waals surface area contributed by atoms with Gasteiger partial charge in [0.25, 0.3) is 0 Å². The Morgan fingerprint density at radius 3 is 2.76 bits per heavy atom. The van der Waals surface area contributed by atoms with Crippen LogP contribution in [-0.4, -0.2) is 30.3 Å². The number of halogens is 4. The Morgan fingerprint density at radius 2 is 2.04 bits per heavy atom. The number of rotatable bonds is 2. The third-order valence-corrected chi connectivity index (χ3v) is 4.37. The zero-order valence-corrected chi connectivity index (χ0v) is 13.1. The van der Waals surface area contributed by atoms with Crippen LogP contribution >= 0.6 is 11.6 Å². The van der Waals surface area contributed by atoms with Crippen molar-refractivity contribution < 1.29 is 18.3 Å². The molecule has 3 heterocycles. The lowest BCUT2D eigenvalue weighted by Gasteiger charge is -2.39. The van der Waals surface area contributed by atoms with Crippen molar-refractivity contribution in [1.29, 1.82) is 0 Å². The van der Waals surface area contributed by atoms with Gasteiger partial charge in [-0.3, -0.25) is 4.98 Å². The summed E-state index contributed by atoms with van der Waals surface area (Å²) in [6, 6.07) is 5.38. The molecule has 1 N–H and O–H groups in total. The van der Waals surface area contributed by atoms with Gasteiger partial charge in [-0.2, -0.15) is 8.78 Å². The molecule has 1 unspecified atom stereocenters. The van der Waals surface area contributed by atoms with Crippen molar-refractivity contribution in [2.45, 2.75) is 18.1 Å². The van der Waals surface area contributed by atoms with Crippen LogP contribution in [0.15, 0.2) is 36.5 Å². The summed E-state index contributed by atoms with van der Waals surface area (Å²) >= 11 is 5.69. The van der Waals surface area contributed by atoms with Crippen molar-refractivity contribution in [2.24, 2.45) is 0 Å². The Bertz CT molecular complexity index is 962. The third kappa shape index (κ3) is 2.23. The highest BCUT2D eigenvalue weighted by Gasteiger charge is 2.59. The van der Waals surface area contributed by atoms with E-state index in [1.165, 1.54) is 6.07 Å². The quantitative estimate of drug-likeness (QED) is 0.753. The molecule has 0 saturated carbocycles. The molecule has 2 aromatic heterocycles. The van der Waals surface area contributed by atoms with Gasteiger partial charge in [-0.05, 0) is 34.7 Å². The summed E-state index contributed by atoms with van der Waals surface area (Å²) in [6.07, 6.45) is 1.06. The van der Waals surface area contributed by atoms with Crippen LogP contribution < -0.4 is 0 Å². The average Bonchev–Trinajstić information content (AvgIpc) is 3.03. The van der Waals surface area contributed by atoms with Crippen molar-refractivity contribution in [3.8, 4) is 11.4 Å². The van der Waals surface area contributed by atoms with Gasteiger partial charge in [0.2, 0.25) is 0 Å². The standard InChI is InChI=1S/C15H9ClF3N5O/c16-8-1-4-12(20-6-8)15(18,19)14(25)7-24-13(21-22-23-24)10-5-9(17)2-3-11(10)14/h1-6,25H,7H2. The summed E-state index contributed by atoms with van der Waals surface area (Å²) in [4.78, 5) is 3.63. The molecular weight excluding hydrogens is 359 g/mol. The first-order valence-electron chi connectivity index (χ1n) is 7.12. The zero-order valence-electron chi connectivity index (χ0n) is 12.4. The number of aromatic nitrogens is 5. The van der Waals surface area contributed by atoms with Gasteiger partial charge in [0, 0.05) is 17.3 Å². The van der Waals surface area contributed by atoms with Crippen LogP contribution in [-0.2, 0) is 18.1 Å². The highest BCUT2D eigenvalue weighted by molar-refractivity contribution is 6.30. The monoisotopic (exact) mass is 367 g/mol. The van der Waals surface area contributed by atoms with Crippen LogP contribution in [0.5, 0.6) is 0 Å². The van der Waals surface area contributed by atoms with Gasteiger partial charge in [0.15, 0.2) is 11.4 Å². The Morgan fingerprint density at radius 1 is 1.24 bits per heavy atom. The largest absolute Gasteiger partial charge is 0.377 e. The minimum atomic E-state index is -3.81. The van der Waals surface area contributed by atoms with Gasteiger partial charge in [-0.1, -0.05) is 17.7 Å². The fraction of sp³-hybridized carbons (Fsp3) is 0.200. The smallest absolute Gasteiger partial charge is 0.323 e. The van der Waals surface area contributed by atoms with E-state index >= 15 is 8.78 Å². The maximum absolute atomic E-state index is 15.2. The van der Waals surface area contributed by atoms with Crippen LogP contribution in [0, 0.1) is 5.82 Å². The number of nitrogens with zero attached hydrogens (tertiary/aromatic N) is 5. The second-order valence-corrected chi connectivity index (χ2v) is 6.08. The summed E-state index contributed by atoms with van der Waals surface area (Å²) in [5.74, 6) is -4.38. The molecule has 0 spiro atoms. The van der Waals surface area contributed by atoms with E-state index < -0.39 is 29.6 Å². The molecule has 1 aliphatic heterocycles. The van der Waals surface area contributed by atoms with E-state index in [0.29, 0.717) is 0 Å². The molecule has 0 fully saturated rings. The Hall–Kier alpha value is -2.52. The lowest BCUT2D eigenvalue weighted by Crippen LogP contribution is -2.49. The van der Waals surface area contributed by atoms with Gasteiger partial charge < -0.3 is 5.11 Å². The van der Waals surface area contributed by atoms with Gasteiger partial charge in [0.05, 0.1) is 11.6 Å². The van der Waals surface area contributed by atoms with E-state index in [2.05, 4.69) is 20.5 Å². The van der Waals surface area contributed by atoms with E-state index in [4.69, 9.17) is 11.6 Å². The highest BCUT2D eigenvalue weighted by atomic mass is 35.5. The molecule has 3 aromatic rings. The molecular formula is C15H9ClF3N5O. The minimum absolute atomic E-state index is 0.00705. The normalized spacial score (nSPS) is 19.4. The summed E-state index contributed by atoms with van der Waals surface area (Å²) in [7, 11) is 0. The van der Waals surface area contributed by atoms with E-state index in [-0.39, 0.29) is 22.0 Å². The molecule has 128 valence electrons. The molecule has 0 amide bonds. The molecule has 1 atom stereocenters. The van der Waals surface area contributed by atoms with Crippen molar-refractivity contribution >= 4 is 11.6 Å². The van der Waals surface area contributed by atoms with Crippen LogP contribution in [0.3, 0.4) is 0 Å². The molecule has 10 heteroatoms. The summed E-state index contributed by atoms with van der Waals surface area (Å²) in [5, 5.41) is 21.9. The number of hydrogen-bond acceptors (Lipinski definition) is 5. The van der Waals surface area contributed by atoms with E-state index in [9.17, 15) is 9.50 Å². The summed E-state index contributed by atoms with van der Waals surface area (Å²) in [5.41, 5.74) is -3.59. The van der Waals surface area contributed by atoms with Gasteiger partial charge in [0.1, 0.15) is 11.5 Å². The first kappa shape index (κ1) is 16.0. The maximum atomic E-state index is 15.2. The Labute approximate surface area is 143 Å². The summed E-state index contributed by atoms with van der Waals surface area (Å²) < 4.78 is 45.1. The number of tetrazole rings is 1. The topological polar surface area (TPSA) is 76.7 Å². The Balaban J connectivity index is 1.94. The number of aliphatic hydroxyl groups is 1. The van der Waals surface area contributed by atoms with Crippen LogP contribution in [0.4, 0.5) is 13.2 Å². The molecule has 25 heavy (non-hydrogen) atoms. The predicted molar refractivity (Wildman–Crippen MR) is 80.2 cm³/mol. The number of fused-ring (bicyclic) bond motifs is 3. The first-order valence-corrected chi connectivity index (χ1v) is 7.49. The highest BCUT2D eigenvalue weighted by Crippen LogP contribution is 2.50. The van der Waals surface area contributed by atoms with Gasteiger partial charge in [-0.15, -0.1) is 5.10 Å². The molecule has 1 aliphatic rings. The third-order valence-electron chi connectivity index (χ3n) is 4.15. The average molecular weight is 368 g/mol. The van der Waals surface area contributed by atoms with Gasteiger partial charge >= 0.3 is 5.92 Å². The van der Waals surface area contributed by atoms with Gasteiger partial charge in [-0.25, -0.2) is 9.07 Å². The molecule has 0 radical (unpaired) electrons. The van der Waals surface area contributed by atoms with E-state index in [1.807, 2.05) is 0 Å². The van der Waals surface area contributed by atoms with E-state index in [1.54, 1.807) is 0 Å². The zero-order chi connectivity index (χ0) is 17.8. The predicted octanol–water partition coefficient (Wildman–Crippen LogP) is 2.52. The Kier molecular flexibility index (Phi) is 3.35.